The van der Waals surface area contributed by atoms with Crippen LogP contribution in [0.2, 0.25) is 0 Å². The van der Waals surface area contributed by atoms with Gasteiger partial charge < -0.3 is 16.3 Å². The molecule has 7 nitrogen and oxygen atoms in total. The van der Waals surface area contributed by atoms with Crippen LogP contribution in [0, 0.1) is 5.21 Å². The van der Waals surface area contributed by atoms with Gasteiger partial charge in [0.2, 0.25) is 5.91 Å². The lowest BCUT2D eigenvalue weighted by molar-refractivity contribution is -0.991. The number of quaternary nitrogens is 1. The highest BCUT2D eigenvalue weighted by Gasteiger charge is 2.31. The van der Waals surface area contributed by atoms with Gasteiger partial charge in [-0.2, -0.15) is 5.23 Å². The predicted molar refractivity (Wildman–Crippen MR) is 67.6 cm³/mol. The Kier molecular flexibility index (Phi) is 4.60. The molecule has 0 saturated carbocycles. The molecule has 1 unspecified atom stereocenters. The maximum Gasteiger partial charge on any atom is 0.252 e. The van der Waals surface area contributed by atoms with E-state index in [2.05, 4.69) is 5.32 Å². The van der Waals surface area contributed by atoms with Crippen molar-refractivity contribution in [2.24, 2.45) is 5.73 Å². The Balaban J connectivity index is 2.86. The minimum Gasteiger partial charge on any atom is -0.595 e. The SMILES string of the molecule is CC[C@@](C)(NC(=O)c1ccc([NH+]([O-])O)cc1)C(N)=O. The monoisotopic (exact) mass is 267 g/mol. The molecule has 0 aliphatic carbocycles. The van der Waals surface area contributed by atoms with E-state index in [1.165, 1.54) is 24.3 Å². The summed E-state index contributed by atoms with van der Waals surface area (Å²) in [5.74, 6) is -1.09. The second-order valence-electron chi connectivity index (χ2n) is 4.39. The average Bonchev–Trinajstić information content (AvgIpc) is 2.38. The summed E-state index contributed by atoms with van der Waals surface area (Å²) in [6.45, 7) is 3.28. The first-order valence-corrected chi connectivity index (χ1v) is 5.76. The number of amides is 2. The van der Waals surface area contributed by atoms with Crippen LogP contribution in [0.5, 0.6) is 0 Å². The summed E-state index contributed by atoms with van der Waals surface area (Å²) in [4.78, 5) is 23.2. The first-order valence-electron chi connectivity index (χ1n) is 5.76. The number of benzene rings is 1. The van der Waals surface area contributed by atoms with Gasteiger partial charge in [-0.15, -0.1) is 0 Å². The van der Waals surface area contributed by atoms with Crippen LogP contribution in [-0.2, 0) is 4.79 Å². The van der Waals surface area contributed by atoms with Gasteiger partial charge in [-0.1, -0.05) is 6.92 Å². The molecular formula is C12H17N3O4. The van der Waals surface area contributed by atoms with Crippen molar-refractivity contribution in [3.05, 3.63) is 35.0 Å². The van der Waals surface area contributed by atoms with Gasteiger partial charge in [0.1, 0.15) is 5.54 Å². The van der Waals surface area contributed by atoms with Crippen molar-refractivity contribution in [3.8, 4) is 0 Å². The van der Waals surface area contributed by atoms with Crippen molar-refractivity contribution < 1.29 is 20.0 Å². The van der Waals surface area contributed by atoms with Crippen molar-refractivity contribution in [1.82, 2.24) is 5.32 Å². The summed E-state index contributed by atoms with van der Waals surface area (Å²) in [6, 6.07) is 5.42. The molecule has 0 saturated heterocycles. The Morgan fingerprint density at radius 2 is 1.95 bits per heavy atom. The number of rotatable bonds is 5. The molecule has 2 amide bonds. The number of nitrogens with one attached hydrogen (secondary N) is 2. The van der Waals surface area contributed by atoms with E-state index in [0.29, 0.717) is 6.42 Å². The lowest BCUT2D eigenvalue weighted by Crippen LogP contribution is -2.99. The van der Waals surface area contributed by atoms with Crippen LogP contribution >= 0.6 is 0 Å². The lowest BCUT2D eigenvalue weighted by Gasteiger charge is -2.25. The maximum absolute atomic E-state index is 11.9. The lowest BCUT2D eigenvalue weighted by atomic mass is 9.97. The van der Waals surface area contributed by atoms with Gasteiger partial charge >= 0.3 is 0 Å². The topological polar surface area (TPSA) is 120 Å². The predicted octanol–water partition coefficient (Wildman–Crippen LogP) is -0.526. The Bertz CT molecular complexity index is 472. The molecule has 0 spiro atoms. The molecular weight excluding hydrogens is 250 g/mol. The second-order valence-corrected chi connectivity index (χ2v) is 4.39. The fourth-order valence-electron chi connectivity index (χ4n) is 1.41. The average molecular weight is 267 g/mol. The van der Waals surface area contributed by atoms with Crippen LogP contribution < -0.4 is 16.3 Å². The van der Waals surface area contributed by atoms with Gasteiger partial charge in [0.15, 0.2) is 5.69 Å². The minimum absolute atomic E-state index is 0.0877. The van der Waals surface area contributed by atoms with Gasteiger partial charge in [0, 0.05) is 17.7 Å². The fraction of sp³-hybridized carbons (Fsp3) is 0.333. The number of primary amides is 1. The fourth-order valence-corrected chi connectivity index (χ4v) is 1.41. The Hall–Kier alpha value is -1.96. The van der Waals surface area contributed by atoms with Gasteiger partial charge in [-0.3, -0.25) is 9.59 Å². The summed E-state index contributed by atoms with van der Waals surface area (Å²) >= 11 is 0. The van der Waals surface area contributed by atoms with Gasteiger partial charge in [0.25, 0.3) is 5.91 Å². The minimum atomic E-state index is -1.12. The van der Waals surface area contributed by atoms with E-state index >= 15 is 0 Å². The van der Waals surface area contributed by atoms with Crippen LogP contribution in [0.3, 0.4) is 0 Å². The number of nitrogens with two attached hydrogens (primary N) is 1. The summed E-state index contributed by atoms with van der Waals surface area (Å²) in [6.07, 6.45) is 0.362. The standard InChI is InChI=1S/C12H17N3O4/c1-3-12(2,11(13)17)14-10(16)8-4-6-9(7-5-8)15(18)19/h4-7,15,18H,3H2,1-2H3,(H2,13,17)(H,14,16)/t12-/m1/s1. The quantitative estimate of drug-likeness (QED) is 0.536. The molecule has 0 aliphatic rings. The van der Waals surface area contributed by atoms with E-state index in [1.807, 2.05) is 0 Å². The largest absolute Gasteiger partial charge is 0.595 e. The third-order valence-electron chi connectivity index (χ3n) is 3.03. The molecule has 104 valence electrons. The number of hydrogen-bond acceptors (Lipinski definition) is 4. The van der Waals surface area contributed by atoms with E-state index in [-0.39, 0.29) is 11.3 Å². The van der Waals surface area contributed by atoms with Crippen LogP contribution in [-0.4, -0.2) is 22.6 Å². The molecule has 2 atom stereocenters. The number of carbonyl (C=O) groups excluding carboxylic acids is 2. The second kappa shape index (κ2) is 5.79. The molecule has 0 aliphatic heterocycles. The van der Waals surface area contributed by atoms with Crippen molar-refractivity contribution in [2.45, 2.75) is 25.8 Å². The van der Waals surface area contributed by atoms with Gasteiger partial charge in [-0.25, -0.2) is 5.21 Å². The first kappa shape index (κ1) is 15.1. The summed E-state index contributed by atoms with van der Waals surface area (Å²) in [5.41, 5.74) is 4.47. The first-order chi connectivity index (χ1) is 8.80. The summed E-state index contributed by atoms with van der Waals surface area (Å²) < 4.78 is 0. The Morgan fingerprint density at radius 1 is 1.42 bits per heavy atom. The van der Waals surface area contributed by atoms with Crippen molar-refractivity contribution in [1.29, 1.82) is 0 Å². The van der Waals surface area contributed by atoms with Crippen LogP contribution in [0.25, 0.3) is 0 Å². The number of hydrogen-bond donors (Lipinski definition) is 4. The van der Waals surface area contributed by atoms with E-state index in [4.69, 9.17) is 10.9 Å². The zero-order chi connectivity index (χ0) is 14.6. The van der Waals surface area contributed by atoms with Gasteiger partial charge in [-0.05, 0) is 25.5 Å². The molecule has 1 aromatic carbocycles. The van der Waals surface area contributed by atoms with Crippen molar-refractivity contribution in [2.75, 3.05) is 0 Å². The molecule has 5 N–H and O–H groups in total. The number of carbonyl (C=O) groups is 2. The molecule has 0 heterocycles. The van der Waals surface area contributed by atoms with Crippen LogP contribution in [0.4, 0.5) is 5.69 Å². The zero-order valence-electron chi connectivity index (χ0n) is 10.8. The van der Waals surface area contributed by atoms with E-state index in [1.54, 1.807) is 13.8 Å². The molecule has 0 fully saturated rings. The third kappa shape index (κ3) is 3.50. The van der Waals surface area contributed by atoms with Crippen LogP contribution in [0.1, 0.15) is 30.6 Å². The molecule has 0 aromatic heterocycles. The zero-order valence-corrected chi connectivity index (χ0v) is 10.8. The van der Waals surface area contributed by atoms with E-state index in [0.717, 1.165) is 0 Å². The van der Waals surface area contributed by atoms with Crippen molar-refractivity contribution in [3.63, 3.8) is 0 Å². The molecule has 1 rings (SSSR count). The van der Waals surface area contributed by atoms with E-state index in [9.17, 15) is 14.8 Å². The smallest absolute Gasteiger partial charge is 0.252 e. The summed E-state index contributed by atoms with van der Waals surface area (Å²) in [5, 5.41) is 20.9. The summed E-state index contributed by atoms with van der Waals surface area (Å²) in [7, 11) is 0. The highest BCUT2D eigenvalue weighted by molar-refractivity contribution is 5.98. The molecule has 19 heavy (non-hydrogen) atoms. The molecule has 7 heteroatoms. The molecule has 1 aromatic rings. The van der Waals surface area contributed by atoms with Crippen LogP contribution in [0.15, 0.2) is 24.3 Å². The highest BCUT2D eigenvalue weighted by Crippen LogP contribution is 2.11. The Morgan fingerprint density at radius 3 is 2.32 bits per heavy atom. The van der Waals surface area contributed by atoms with Gasteiger partial charge in [0.05, 0.1) is 0 Å². The Labute approximate surface area is 110 Å². The normalized spacial score (nSPS) is 15.4. The molecule has 0 bridgehead atoms. The maximum atomic E-state index is 11.9. The highest BCUT2D eigenvalue weighted by atomic mass is 16.8. The third-order valence-corrected chi connectivity index (χ3v) is 3.03. The van der Waals surface area contributed by atoms with E-state index < -0.39 is 22.6 Å². The van der Waals surface area contributed by atoms with Crippen molar-refractivity contribution >= 4 is 17.5 Å². The molecule has 0 radical (unpaired) electrons.